The van der Waals surface area contributed by atoms with Crippen LogP contribution in [0.25, 0.3) is 0 Å². The lowest BCUT2D eigenvalue weighted by molar-refractivity contribution is -0.0172. The maximum atomic E-state index is 12.4. The van der Waals surface area contributed by atoms with Gasteiger partial charge in [0.15, 0.2) is 0 Å². The molecule has 8 heteroatoms. The Bertz CT molecular complexity index is 909. The Morgan fingerprint density at radius 2 is 1.61 bits per heavy atom. The molecule has 7 nitrogen and oxygen atoms in total. The van der Waals surface area contributed by atoms with Crippen LogP contribution in [0.15, 0.2) is 72.4 Å². The molecule has 1 heterocycles. The van der Waals surface area contributed by atoms with E-state index in [4.69, 9.17) is 10.5 Å². The van der Waals surface area contributed by atoms with Crippen LogP contribution in [0.2, 0.25) is 0 Å². The van der Waals surface area contributed by atoms with Crippen molar-refractivity contribution in [2.75, 3.05) is 0 Å². The molecule has 164 valence electrons. The van der Waals surface area contributed by atoms with E-state index in [2.05, 4.69) is 10.3 Å². The van der Waals surface area contributed by atoms with Gasteiger partial charge in [-0.2, -0.15) is 0 Å². The number of aliphatic hydroxyl groups excluding tert-OH is 2. The van der Waals surface area contributed by atoms with Crippen LogP contribution < -0.4 is 11.1 Å². The van der Waals surface area contributed by atoms with Crippen LogP contribution in [0.3, 0.4) is 0 Å². The maximum absolute atomic E-state index is 12.4. The number of aliphatic hydroxyl groups is 2. The number of nitrogens with one attached hydrogen (secondary N) is 1. The van der Waals surface area contributed by atoms with E-state index in [0.717, 1.165) is 16.0 Å². The topological polar surface area (TPSA) is 118 Å². The van der Waals surface area contributed by atoms with E-state index in [1.807, 2.05) is 60.7 Å². The summed E-state index contributed by atoms with van der Waals surface area (Å²) < 4.78 is 5.24. The number of ether oxygens (including phenoxy) is 1. The molecule has 1 aromatic heterocycles. The second-order valence-electron chi connectivity index (χ2n) is 7.32. The van der Waals surface area contributed by atoms with Gasteiger partial charge in [-0.05, 0) is 24.0 Å². The summed E-state index contributed by atoms with van der Waals surface area (Å²) >= 11 is 1.38. The normalized spacial score (nSPS) is 14.9. The van der Waals surface area contributed by atoms with Gasteiger partial charge in [0.2, 0.25) is 0 Å². The fourth-order valence-corrected chi connectivity index (χ4v) is 3.77. The van der Waals surface area contributed by atoms with Gasteiger partial charge in [-0.3, -0.25) is 4.98 Å². The van der Waals surface area contributed by atoms with Gasteiger partial charge in [0, 0.05) is 12.2 Å². The number of hydrogen-bond donors (Lipinski definition) is 4. The van der Waals surface area contributed by atoms with E-state index in [1.165, 1.54) is 11.3 Å². The zero-order chi connectivity index (χ0) is 22.1. The molecule has 0 unspecified atom stereocenters. The van der Waals surface area contributed by atoms with Crippen LogP contribution in [0.5, 0.6) is 0 Å². The van der Waals surface area contributed by atoms with E-state index >= 15 is 0 Å². The Kier molecular flexibility index (Phi) is 8.54. The largest absolute Gasteiger partial charge is 0.444 e. The number of nitrogens with zero attached hydrogens (tertiary/aromatic N) is 1. The molecular formula is C23H27N3O4S. The molecule has 5 N–H and O–H groups in total. The van der Waals surface area contributed by atoms with Crippen molar-refractivity contribution in [3.05, 3.63) is 88.4 Å². The Morgan fingerprint density at radius 1 is 1.00 bits per heavy atom. The molecule has 0 aliphatic rings. The number of benzene rings is 2. The summed E-state index contributed by atoms with van der Waals surface area (Å²) in [6.45, 7) is 0.0841. The molecule has 0 saturated carbocycles. The highest BCUT2D eigenvalue weighted by molar-refractivity contribution is 7.09. The van der Waals surface area contributed by atoms with Gasteiger partial charge in [0.25, 0.3) is 0 Å². The van der Waals surface area contributed by atoms with Crippen molar-refractivity contribution in [3.8, 4) is 0 Å². The summed E-state index contributed by atoms with van der Waals surface area (Å²) in [6, 6.07) is 17.4. The lowest BCUT2D eigenvalue weighted by Gasteiger charge is -2.30. The molecule has 1 amide bonds. The van der Waals surface area contributed by atoms with E-state index < -0.39 is 30.4 Å². The summed E-state index contributed by atoms with van der Waals surface area (Å²) in [5.41, 5.74) is 9.69. The van der Waals surface area contributed by atoms with Crippen molar-refractivity contribution in [2.24, 2.45) is 5.73 Å². The first-order valence-corrected chi connectivity index (χ1v) is 10.9. The number of nitrogens with two attached hydrogens (primary N) is 1. The lowest BCUT2D eigenvalue weighted by Crippen LogP contribution is -2.55. The first kappa shape index (κ1) is 22.9. The maximum Gasteiger partial charge on any atom is 0.407 e. The molecule has 0 aliphatic heterocycles. The van der Waals surface area contributed by atoms with Gasteiger partial charge in [-0.25, -0.2) is 4.79 Å². The Labute approximate surface area is 185 Å². The second kappa shape index (κ2) is 11.6. The summed E-state index contributed by atoms with van der Waals surface area (Å²) in [7, 11) is 0. The summed E-state index contributed by atoms with van der Waals surface area (Å²) in [5.74, 6) is 0. The number of carbonyl (C=O) groups is 1. The molecule has 4 atom stereocenters. The predicted molar refractivity (Wildman–Crippen MR) is 120 cm³/mol. The molecule has 0 radical (unpaired) electrons. The summed E-state index contributed by atoms with van der Waals surface area (Å²) in [4.78, 5) is 17.1. The van der Waals surface area contributed by atoms with E-state index in [9.17, 15) is 15.0 Å². The van der Waals surface area contributed by atoms with Crippen LogP contribution >= 0.6 is 11.3 Å². The van der Waals surface area contributed by atoms with Crippen LogP contribution in [0.4, 0.5) is 4.79 Å². The fraction of sp³-hybridized carbons (Fsp3) is 0.304. The van der Waals surface area contributed by atoms with Crippen LogP contribution in [0, 0.1) is 0 Å². The van der Waals surface area contributed by atoms with Crippen LogP contribution in [-0.4, -0.2) is 45.6 Å². The molecule has 3 rings (SSSR count). The average molecular weight is 442 g/mol. The van der Waals surface area contributed by atoms with Crippen molar-refractivity contribution in [2.45, 2.75) is 43.7 Å². The minimum atomic E-state index is -1.28. The smallest absolute Gasteiger partial charge is 0.407 e. The second-order valence-corrected chi connectivity index (χ2v) is 8.29. The van der Waals surface area contributed by atoms with Crippen molar-refractivity contribution in [1.82, 2.24) is 10.3 Å². The van der Waals surface area contributed by atoms with Crippen molar-refractivity contribution in [1.29, 1.82) is 0 Å². The van der Waals surface area contributed by atoms with Crippen molar-refractivity contribution >= 4 is 17.4 Å². The van der Waals surface area contributed by atoms with Crippen molar-refractivity contribution in [3.63, 3.8) is 0 Å². The first-order chi connectivity index (χ1) is 15.0. The molecule has 3 aromatic rings. The van der Waals surface area contributed by atoms with E-state index in [0.29, 0.717) is 12.8 Å². The fourth-order valence-electron chi connectivity index (χ4n) is 3.27. The van der Waals surface area contributed by atoms with Gasteiger partial charge in [-0.15, -0.1) is 11.3 Å². The number of alkyl carbamates (subject to hydrolysis) is 1. The Balaban J connectivity index is 1.65. The molecule has 2 aromatic carbocycles. The predicted octanol–water partition coefficient (Wildman–Crippen LogP) is 2.27. The highest BCUT2D eigenvalue weighted by Crippen LogP contribution is 2.14. The van der Waals surface area contributed by atoms with Gasteiger partial charge >= 0.3 is 6.09 Å². The zero-order valence-corrected chi connectivity index (χ0v) is 17.8. The number of amides is 1. The third-order valence-corrected chi connectivity index (χ3v) is 5.70. The minimum absolute atomic E-state index is 0.0841. The molecule has 0 aliphatic carbocycles. The molecular weight excluding hydrogens is 414 g/mol. The lowest BCUT2D eigenvalue weighted by atomic mass is 9.92. The molecule has 0 bridgehead atoms. The monoisotopic (exact) mass is 441 g/mol. The average Bonchev–Trinajstić information content (AvgIpc) is 3.31. The summed E-state index contributed by atoms with van der Waals surface area (Å²) in [5, 5.41) is 24.3. The Hall–Kier alpha value is -2.78. The minimum Gasteiger partial charge on any atom is -0.444 e. The molecule has 0 saturated heterocycles. The number of thiazole rings is 1. The first-order valence-electron chi connectivity index (χ1n) is 10.0. The zero-order valence-electron chi connectivity index (χ0n) is 17.0. The molecule has 0 spiro atoms. The van der Waals surface area contributed by atoms with E-state index in [-0.39, 0.29) is 6.61 Å². The van der Waals surface area contributed by atoms with Crippen LogP contribution in [0.1, 0.15) is 16.0 Å². The highest BCUT2D eigenvalue weighted by Gasteiger charge is 2.32. The molecule has 31 heavy (non-hydrogen) atoms. The number of hydrogen-bond acceptors (Lipinski definition) is 7. The van der Waals surface area contributed by atoms with Crippen LogP contribution in [-0.2, 0) is 24.2 Å². The number of rotatable bonds is 10. The third-order valence-electron chi connectivity index (χ3n) is 4.95. The number of aromatic nitrogens is 1. The van der Waals surface area contributed by atoms with E-state index in [1.54, 1.807) is 11.7 Å². The standard InChI is InChI=1S/C23H27N3O4S/c24-19(11-16-7-3-1-4-8-16)21(27)22(28)20(12-17-9-5-2-6-10-17)26-23(29)30-14-18-13-25-15-31-18/h1-10,13,15,19-22,27-28H,11-12,14,24H2,(H,26,29)/t19-,20-,21-,22-/m0/s1. The quantitative estimate of drug-likeness (QED) is 0.383. The van der Waals surface area contributed by atoms with Gasteiger partial charge < -0.3 is 26.0 Å². The Morgan fingerprint density at radius 3 is 2.19 bits per heavy atom. The van der Waals surface area contributed by atoms with Gasteiger partial charge in [0.1, 0.15) is 12.7 Å². The number of carbonyl (C=O) groups excluding carboxylic acids is 1. The highest BCUT2D eigenvalue weighted by atomic mass is 32.1. The third kappa shape index (κ3) is 7.15. The molecule has 0 fully saturated rings. The van der Waals surface area contributed by atoms with Crippen molar-refractivity contribution < 1.29 is 19.7 Å². The van der Waals surface area contributed by atoms with Gasteiger partial charge in [-0.1, -0.05) is 60.7 Å². The summed E-state index contributed by atoms with van der Waals surface area (Å²) in [6.07, 6.45) is -0.872. The van der Waals surface area contributed by atoms with Gasteiger partial charge in [0.05, 0.1) is 22.5 Å². The SMILES string of the molecule is N[C@@H](Cc1ccccc1)[C@H](O)[C@@H](O)[C@H](Cc1ccccc1)NC(=O)OCc1cncs1.